The van der Waals surface area contributed by atoms with Crippen molar-refractivity contribution in [2.45, 2.75) is 13.8 Å². The number of rotatable bonds is 4. The van der Waals surface area contributed by atoms with Gasteiger partial charge < -0.3 is 5.11 Å². The number of hydrogen-bond donors (Lipinski definition) is 2. The van der Waals surface area contributed by atoms with Crippen LogP contribution in [0.3, 0.4) is 0 Å². The molecule has 0 saturated heterocycles. The Labute approximate surface area is 143 Å². The van der Waals surface area contributed by atoms with Crippen LogP contribution >= 0.6 is 0 Å². The number of pyridine rings is 1. The monoisotopic (exact) mass is 336 g/mol. The first kappa shape index (κ1) is 16.4. The summed E-state index contributed by atoms with van der Waals surface area (Å²) in [7, 11) is 0. The van der Waals surface area contributed by atoms with Crippen molar-refractivity contribution in [3.63, 3.8) is 0 Å². The van der Waals surface area contributed by atoms with Crippen LogP contribution in [0.25, 0.3) is 5.65 Å². The van der Waals surface area contributed by atoms with Crippen LogP contribution in [0.5, 0.6) is 0 Å². The van der Waals surface area contributed by atoms with Gasteiger partial charge in [0.05, 0.1) is 17.5 Å². The second kappa shape index (κ2) is 6.56. The van der Waals surface area contributed by atoms with Gasteiger partial charge in [0.2, 0.25) is 0 Å². The van der Waals surface area contributed by atoms with Crippen molar-refractivity contribution in [1.29, 1.82) is 0 Å². The Kier molecular flexibility index (Phi) is 4.30. The highest BCUT2D eigenvalue weighted by molar-refractivity contribution is 5.95. The van der Waals surface area contributed by atoms with Gasteiger partial charge in [0.1, 0.15) is 11.3 Å². The summed E-state index contributed by atoms with van der Waals surface area (Å²) < 4.78 is 1.72. The molecule has 0 aliphatic heterocycles. The molecule has 0 unspecified atom stereocenters. The first-order valence-corrected chi connectivity index (χ1v) is 7.58. The van der Waals surface area contributed by atoms with E-state index >= 15 is 0 Å². The third kappa shape index (κ3) is 3.40. The summed E-state index contributed by atoms with van der Waals surface area (Å²) in [5.41, 5.74) is 6.15. The molecule has 2 heterocycles. The van der Waals surface area contributed by atoms with Gasteiger partial charge in [-0.3, -0.25) is 9.20 Å². The van der Waals surface area contributed by atoms with Crippen molar-refractivity contribution < 1.29 is 14.7 Å². The van der Waals surface area contributed by atoms with Crippen LogP contribution in [-0.2, 0) is 0 Å². The molecule has 0 aliphatic carbocycles. The molecular formula is C18H16N4O3. The number of carboxylic acid groups (broad SMARTS) is 1. The third-order valence-electron chi connectivity index (χ3n) is 3.71. The van der Waals surface area contributed by atoms with Gasteiger partial charge in [-0.05, 0) is 49.2 Å². The summed E-state index contributed by atoms with van der Waals surface area (Å²) >= 11 is 0. The molecule has 1 amide bonds. The molecule has 0 aliphatic rings. The lowest BCUT2D eigenvalue weighted by Gasteiger charge is -2.02. The van der Waals surface area contributed by atoms with Gasteiger partial charge >= 0.3 is 5.97 Å². The van der Waals surface area contributed by atoms with Crippen molar-refractivity contribution in [1.82, 2.24) is 14.8 Å². The second-order valence-electron chi connectivity index (χ2n) is 5.60. The fraction of sp³-hybridized carbons (Fsp3) is 0.111. The number of aryl methyl sites for hydroxylation is 2. The number of amides is 1. The van der Waals surface area contributed by atoms with Gasteiger partial charge in [-0.2, -0.15) is 5.10 Å². The number of carbonyl (C=O) groups excluding carboxylic acids is 1. The summed E-state index contributed by atoms with van der Waals surface area (Å²) in [6.45, 7) is 3.73. The van der Waals surface area contributed by atoms with Crippen LogP contribution < -0.4 is 5.43 Å². The summed E-state index contributed by atoms with van der Waals surface area (Å²) in [6, 6.07) is 9.98. The maximum atomic E-state index is 12.4. The Morgan fingerprint density at radius 1 is 1.20 bits per heavy atom. The topological polar surface area (TPSA) is 96.1 Å². The van der Waals surface area contributed by atoms with Crippen molar-refractivity contribution in [3.05, 3.63) is 70.7 Å². The van der Waals surface area contributed by atoms with Gasteiger partial charge in [0.15, 0.2) is 0 Å². The molecule has 0 radical (unpaired) electrons. The molecule has 3 rings (SSSR count). The molecule has 1 aromatic carbocycles. The Morgan fingerprint density at radius 3 is 2.60 bits per heavy atom. The van der Waals surface area contributed by atoms with Gasteiger partial charge in [0, 0.05) is 6.20 Å². The zero-order valence-electron chi connectivity index (χ0n) is 13.7. The largest absolute Gasteiger partial charge is 0.478 e. The number of carbonyl (C=O) groups is 2. The van der Waals surface area contributed by atoms with E-state index in [2.05, 4.69) is 15.5 Å². The Hall–Kier alpha value is -3.48. The van der Waals surface area contributed by atoms with Crippen LogP contribution in [0.1, 0.15) is 37.7 Å². The number of aromatic carboxylic acids is 1. The smallest absolute Gasteiger partial charge is 0.335 e. The van der Waals surface area contributed by atoms with E-state index in [1.54, 1.807) is 29.7 Å². The maximum Gasteiger partial charge on any atom is 0.335 e. The average molecular weight is 336 g/mol. The summed E-state index contributed by atoms with van der Waals surface area (Å²) in [4.78, 5) is 27.6. The molecule has 0 bridgehead atoms. The molecule has 2 aromatic heterocycles. The molecule has 7 heteroatoms. The number of fused-ring (bicyclic) bond motifs is 1. The summed E-state index contributed by atoms with van der Waals surface area (Å²) in [5, 5.41) is 12.8. The second-order valence-corrected chi connectivity index (χ2v) is 5.60. The number of carboxylic acids is 1. The minimum absolute atomic E-state index is 0.192. The predicted octanol–water partition coefficient (Wildman–Crippen LogP) is 2.41. The number of hydrazone groups is 1. The van der Waals surface area contributed by atoms with Crippen LogP contribution in [0.15, 0.2) is 47.7 Å². The standard InChI is InChI=1S/C18H16N4O3/c1-11-7-8-22-15(9-11)20-12(2)16(22)17(23)21-19-10-13-3-5-14(6-4-13)18(24)25/h3-10H,1-2H3,(H,21,23)(H,24,25). The molecular weight excluding hydrogens is 320 g/mol. The van der Waals surface area contributed by atoms with E-state index in [0.29, 0.717) is 22.6 Å². The Bertz CT molecular complexity index is 987. The molecule has 7 nitrogen and oxygen atoms in total. The van der Waals surface area contributed by atoms with E-state index in [9.17, 15) is 9.59 Å². The van der Waals surface area contributed by atoms with Crippen LogP contribution in [0, 0.1) is 13.8 Å². The molecule has 2 N–H and O–H groups in total. The number of nitrogens with zero attached hydrogens (tertiary/aromatic N) is 3. The maximum absolute atomic E-state index is 12.4. The Morgan fingerprint density at radius 2 is 1.92 bits per heavy atom. The normalized spacial score (nSPS) is 11.1. The molecule has 0 atom stereocenters. The lowest BCUT2D eigenvalue weighted by atomic mass is 10.1. The minimum Gasteiger partial charge on any atom is -0.478 e. The molecule has 25 heavy (non-hydrogen) atoms. The number of hydrogen-bond acceptors (Lipinski definition) is 4. The third-order valence-corrected chi connectivity index (χ3v) is 3.71. The molecule has 0 saturated carbocycles. The number of imidazole rings is 1. The van der Waals surface area contributed by atoms with E-state index in [-0.39, 0.29) is 11.5 Å². The summed E-state index contributed by atoms with van der Waals surface area (Å²) in [6.07, 6.45) is 3.25. The minimum atomic E-state index is -0.991. The van der Waals surface area contributed by atoms with E-state index in [4.69, 9.17) is 5.11 Å². The first-order chi connectivity index (χ1) is 12.0. The molecule has 0 fully saturated rings. The fourth-order valence-electron chi connectivity index (χ4n) is 2.47. The number of nitrogens with one attached hydrogen (secondary N) is 1. The zero-order chi connectivity index (χ0) is 18.0. The first-order valence-electron chi connectivity index (χ1n) is 7.58. The van der Waals surface area contributed by atoms with Gasteiger partial charge in [-0.1, -0.05) is 12.1 Å². The van der Waals surface area contributed by atoms with Crippen molar-refractivity contribution in [3.8, 4) is 0 Å². The van der Waals surface area contributed by atoms with E-state index < -0.39 is 5.97 Å². The van der Waals surface area contributed by atoms with E-state index in [0.717, 1.165) is 5.56 Å². The van der Waals surface area contributed by atoms with Crippen LogP contribution in [0.2, 0.25) is 0 Å². The fourth-order valence-corrected chi connectivity index (χ4v) is 2.47. The lowest BCUT2D eigenvalue weighted by molar-refractivity contribution is 0.0696. The lowest BCUT2D eigenvalue weighted by Crippen LogP contribution is -2.20. The average Bonchev–Trinajstić information content (AvgIpc) is 2.90. The van der Waals surface area contributed by atoms with Crippen LogP contribution in [-0.4, -0.2) is 32.6 Å². The Balaban J connectivity index is 1.76. The SMILES string of the molecule is Cc1ccn2c(C(=O)NN=Cc3ccc(C(=O)O)cc3)c(C)nc2c1. The molecule has 3 aromatic rings. The van der Waals surface area contributed by atoms with Gasteiger partial charge in [0.25, 0.3) is 5.91 Å². The van der Waals surface area contributed by atoms with E-state index in [1.165, 1.54) is 18.3 Å². The highest BCUT2D eigenvalue weighted by atomic mass is 16.4. The number of benzene rings is 1. The predicted molar refractivity (Wildman–Crippen MR) is 93.1 cm³/mol. The van der Waals surface area contributed by atoms with Crippen molar-refractivity contribution in [2.75, 3.05) is 0 Å². The summed E-state index contributed by atoms with van der Waals surface area (Å²) in [5.74, 6) is -1.36. The van der Waals surface area contributed by atoms with Gasteiger partial charge in [-0.25, -0.2) is 15.2 Å². The zero-order valence-corrected chi connectivity index (χ0v) is 13.7. The highest BCUT2D eigenvalue weighted by Gasteiger charge is 2.15. The van der Waals surface area contributed by atoms with E-state index in [1.807, 2.05) is 19.1 Å². The van der Waals surface area contributed by atoms with Crippen molar-refractivity contribution in [2.24, 2.45) is 5.10 Å². The molecule has 0 spiro atoms. The molecule has 126 valence electrons. The van der Waals surface area contributed by atoms with Gasteiger partial charge in [-0.15, -0.1) is 0 Å². The van der Waals surface area contributed by atoms with Crippen LogP contribution in [0.4, 0.5) is 0 Å². The quantitative estimate of drug-likeness (QED) is 0.565. The van der Waals surface area contributed by atoms with Crippen molar-refractivity contribution >= 4 is 23.7 Å². The highest BCUT2D eigenvalue weighted by Crippen LogP contribution is 2.13. The number of aromatic nitrogens is 2.